The number of carbonyl (C=O) groups excluding carboxylic acids is 3. The van der Waals surface area contributed by atoms with Gasteiger partial charge < -0.3 is 28.4 Å². The zero-order chi connectivity index (χ0) is 98.2. The number of ether oxygens (including phenoxy) is 6. The second-order valence-corrected chi connectivity index (χ2v) is 43.6. The molecule has 0 saturated heterocycles. The van der Waals surface area contributed by atoms with Gasteiger partial charge >= 0.3 is 17.9 Å². The zero-order valence-electron chi connectivity index (χ0n) is 80.0. The van der Waals surface area contributed by atoms with Crippen molar-refractivity contribution in [2.75, 3.05) is 13.2 Å². The lowest BCUT2D eigenvalue weighted by molar-refractivity contribution is -0.138. The Morgan fingerprint density at radius 3 is 0.638 bits per heavy atom. The van der Waals surface area contributed by atoms with Gasteiger partial charge in [-0.15, -0.1) is 0 Å². The molecule has 0 bridgehead atoms. The molecule has 9 nitrogen and oxygen atoms in total. The number of benzene rings is 18. The van der Waals surface area contributed by atoms with E-state index >= 15 is 0 Å². The minimum atomic E-state index is -0.303. The molecule has 0 aliphatic carbocycles. The predicted molar refractivity (Wildman–Crippen MR) is 584 cm³/mol. The molecule has 0 saturated carbocycles. The van der Waals surface area contributed by atoms with Gasteiger partial charge in [-0.3, -0.25) is 14.4 Å². The Bertz CT molecular complexity index is 6450. The molecule has 18 aromatic rings. The maximum Gasteiger partial charge on any atom is 0.313 e. The summed E-state index contributed by atoms with van der Waals surface area (Å²) in [4.78, 5) is 57.2. The first-order valence-corrected chi connectivity index (χ1v) is 54.1. The summed E-state index contributed by atoms with van der Waals surface area (Å²) in [6, 6.07) is 175. The van der Waals surface area contributed by atoms with E-state index in [1.54, 1.807) is 19.3 Å². The summed E-state index contributed by atoms with van der Waals surface area (Å²) in [5, 5.41) is 0. The van der Waals surface area contributed by atoms with Crippen molar-refractivity contribution in [1.82, 2.24) is 0 Å². The second kappa shape index (κ2) is 57.0. The van der Waals surface area contributed by atoms with Crippen LogP contribution in [0, 0.1) is 5.92 Å². The predicted octanol–water partition coefficient (Wildman–Crippen LogP) is 31.8. The number of hydrogen-bond donors (Lipinski definition) is 0. The van der Waals surface area contributed by atoms with Gasteiger partial charge in [-0.05, 0) is 305 Å². The molecule has 0 fully saturated rings. The first-order chi connectivity index (χ1) is 69.3. The van der Waals surface area contributed by atoms with Crippen LogP contribution >= 0.6 is 0 Å². The van der Waals surface area contributed by atoms with Gasteiger partial charge in [0.15, 0.2) is 88.1 Å². The molecule has 0 heterocycles. The maximum atomic E-state index is 11.8. The molecule has 0 radical (unpaired) electrons. The van der Waals surface area contributed by atoms with Crippen molar-refractivity contribution in [3.8, 4) is 34.5 Å². The number of esters is 3. The molecule has 0 N–H and O–H groups in total. The maximum absolute atomic E-state index is 11.8. The van der Waals surface area contributed by atoms with Gasteiger partial charge in [0.1, 0.15) is 41.1 Å². The van der Waals surface area contributed by atoms with Crippen LogP contribution in [0.25, 0.3) is 0 Å². The summed E-state index contributed by atoms with van der Waals surface area (Å²) in [6.45, 7) is 15.9. The summed E-state index contributed by atoms with van der Waals surface area (Å²) in [6.07, 6.45) is 6.74. The summed E-state index contributed by atoms with van der Waals surface area (Å²) < 4.78 is 32.6. The molecule has 0 aromatic heterocycles. The van der Waals surface area contributed by atoms with Gasteiger partial charge in [-0.2, -0.15) is 0 Å². The van der Waals surface area contributed by atoms with Crippen molar-refractivity contribution in [2.24, 2.45) is 5.92 Å². The number of rotatable bonds is 31. The van der Waals surface area contributed by atoms with E-state index in [-0.39, 0.29) is 89.2 Å². The quantitative estimate of drug-likeness (QED) is 0.0138. The highest BCUT2D eigenvalue weighted by atomic mass is 32.2. The molecular formula is C126H116O9S6+6. The van der Waals surface area contributed by atoms with Crippen molar-refractivity contribution >= 4 is 83.3 Å². The van der Waals surface area contributed by atoms with Crippen LogP contribution in [0.1, 0.15) is 54.4 Å². The van der Waals surface area contributed by atoms with Gasteiger partial charge in [0.05, 0.1) is 84.2 Å². The van der Waals surface area contributed by atoms with Gasteiger partial charge in [0, 0.05) is 13.3 Å². The number of hydrogen-bond acceptors (Lipinski definition) is 9. The largest absolute Gasteiger partial charge is 0.494 e. The summed E-state index contributed by atoms with van der Waals surface area (Å²) >= 11 is 0. The van der Waals surface area contributed by atoms with Crippen LogP contribution in [0.2, 0.25) is 0 Å². The fourth-order valence-corrected chi connectivity index (χ4v) is 26.7. The average molecular weight is 1970 g/mol. The molecule has 18 rings (SSSR count). The lowest BCUT2D eigenvalue weighted by Crippen LogP contribution is -2.14. The van der Waals surface area contributed by atoms with Crippen LogP contribution in [0.4, 0.5) is 0 Å². The fraction of sp³-hybridized carbons (Fsp3) is 0.0873. The van der Waals surface area contributed by atoms with Crippen LogP contribution in [-0.2, 0) is 79.8 Å². The topological polar surface area (TPSA) is 107 Å². The van der Waals surface area contributed by atoms with E-state index in [0.29, 0.717) is 30.3 Å². The van der Waals surface area contributed by atoms with Gasteiger partial charge in [0.2, 0.25) is 0 Å². The Morgan fingerprint density at radius 1 is 0.255 bits per heavy atom. The first kappa shape index (κ1) is 104. The molecule has 18 aromatic carbocycles. The first-order valence-electron chi connectivity index (χ1n) is 46.7. The molecule has 704 valence electrons. The molecule has 141 heavy (non-hydrogen) atoms. The average Bonchev–Trinajstić information content (AvgIpc) is 0.840. The third-order valence-corrected chi connectivity index (χ3v) is 34.1. The molecular weight excluding hydrogens is 1850 g/mol. The second-order valence-electron chi connectivity index (χ2n) is 31.5. The van der Waals surface area contributed by atoms with E-state index in [1.165, 1.54) is 95.0 Å². The highest BCUT2D eigenvalue weighted by Gasteiger charge is 2.35. The molecule has 0 aliphatic rings. The Labute approximate surface area is 849 Å². The number of allylic oxidation sites excluding steroid dienone is 1. The SMILES string of the molecule is C/C=C/Oc1ccc([S+](c2ccccc2)c2ccccc2)cc1.C=CCOc1ccc([S+](c2ccccc2)c2ccccc2)cc1.CC(=O)Oc1ccc([S+](c2ccccc2)c2ccccc2)cc1.CC(C)C(=O)Oc1ccc([S+](c2ccccc2)c2ccccc2)cc1.CCC(=O)Oc1ccc([S+](c2ccccc2)c2ccccc2)cc1.CCCOc1ccc([S+](c2ccccc2)c2ccccc2)cc1. The zero-order valence-corrected chi connectivity index (χ0v) is 84.9. The Kier molecular flexibility index (Phi) is 42.0. The fourth-order valence-electron chi connectivity index (χ4n) is 14.2. The summed E-state index contributed by atoms with van der Waals surface area (Å²) in [7, 11) is -0.829. The standard InChI is InChI=1S/C22H21O2S.C21H19O2S.C21H21OS.2C21H19OS.C20H17O2S/c1-17(2)22(23)24-18-13-15-21(16-14-18)25(19-9-5-3-6-10-19)20-11-7-4-8-12-20;1-2-21(22)23-17-13-15-20(16-14-17)24(18-9-5-3-6-10-18)19-11-7-4-8-12-19;3*1-2-17-22-18-13-15-21(16-14-18)23(19-9-5-3-6-10-19)20-11-7-4-8-12-20;1-16(21)22-17-12-14-20(15-13-17)23(18-8-4-2-5-9-18)19-10-6-3-7-11-19/h3-17H,1-2H3;3-16H,2H2,1H3;3-16H,2,17H2,1H3;2-17H,1H3;2-16H,1,17H2;2-15H,1H3/q6*+1/b;;;17-2+;;. The van der Waals surface area contributed by atoms with Gasteiger partial charge in [-0.25, -0.2) is 0 Å². The van der Waals surface area contributed by atoms with Crippen LogP contribution < -0.4 is 28.4 Å². The third kappa shape index (κ3) is 32.2. The number of carbonyl (C=O) groups is 3. The monoisotopic (exact) mass is 1960 g/mol. The van der Waals surface area contributed by atoms with E-state index in [0.717, 1.165) is 30.3 Å². The van der Waals surface area contributed by atoms with E-state index < -0.39 is 0 Å². The van der Waals surface area contributed by atoms with Crippen LogP contribution in [0.15, 0.2) is 623 Å². The van der Waals surface area contributed by atoms with E-state index in [4.69, 9.17) is 28.4 Å². The molecule has 0 unspecified atom stereocenters. The van der Waals surface area contributed by atoms with Gasteiger partial charge in [-0.1, -0.05) is 265 Å². The molecule has 0 atom stereocenters. The van der Waals surface area contributed by atoms with Crippen LogP contribution in [-0.4, -0.2) is 31.1 Å². The lowest BCUT2D eigenvalue weighted by atomic mass is 10.2. The van der Waals surface area contributed by atoms with Crippen molar-refractivity contribution in [1.29, 1.82) is 0 Å². The highest BCUT2D eigenvalue weighted by molar-refractivity contribution is 7.98. The van der Waals surface area contributed by atoms with Crippen LogP contribution in [0.5, 0.6) is 34.5 Å². The smallest absolute Gasteiger partial charge is 0.313 e. The molecule has 0 amide bonds. The Balaban J connectivity index is 0.000000142. The summed E-state index contributed by atoms with van der Waals surface area (Å²) in [5.74, 6) is 3.57. The molecule has 0 spiro atoms. The highest BCUT2D eigenvalue weighted by Crippen LogP contribution is 2.40. The van der Waals surface area contributed by atoms with Crippen molar-refractivity contribution in [3.63, 3.8) is 0 Å². The van der Waals surface area contributed by atoms with E-state index in [2.05, 4.69) is 390 Å². The van der Waals surface area contributed by atoms with E-state index in [1.807, 2.05) is 160 Å². The Hall–Kier alpha value is -14.7. The van der Waals surface area contributed by atoms with Crippen LogP contribution in [0.3, 0.4) is 0 Å². The van der Waals surface area contributed by atoms with Crippen molar-refractivity contribution < 1.29 is 42.8 Å². The van der Waals surface area contributed by atoms with E-state index in [9.17, 15) is 14.4 Å². The minimum Gasteiger partial charge on any atom is -0.494 e. The summed E-state index contributed by atoms with van der Waals surface area (Å²) in [5.41, 5.74) is 0. The third-order valence-electron chi connectivity index (χ3n) is 20.8. The lowest BCUT2D eigenvalue weighted by Gasteiger charge is -2.09. The Morgan fingerprint density at radius 2 is 0.447 bits per heavy atom. The van der Waals surface area contributed by atoms with Crippen molar-refractivity contribution in [2.45, 2.75) is 143 Å². The molecule has 0 aliphatic heterocycles. The van der Waals surface area contributed by atoms with Crippen molar-refractivity contribution in [3.05, 3.63) is 535 Å². The van der Waals surface area contributed by atoms with Gasteiger partial charge in [0.25, 0.3) is 0 Å². The minimum absolute atomic E-state index is 0.0842. The normalized spacial score (nSPS) is 10.7. The molecule has 15 heteroatoms.